The molecule has 0 atom stereocenters. The molecular formula is C22H27ClN4O4. The van der Waals surface area contributed by atoms with E-state index in [4.69, 9.17) is 10.1 Å². The number of benzene rings is 2. The van der Waals surface area contributed by atoms with Crippen molar-refractivity contribution in [1.82, 2.24) is 10.2 Å². The number of ketones is 1. The lowest BCUT2D eigenvalue weighted by Gasteiger charge is -2.18. The number of phenols is 1. The van der Waals surface area contributed by atoms with Crippen LogP contribution in [0.3, 0.4) is 0 Å². The van der Waals surface area contributed by atoms with Gasteiger partial charge in [-0.15, -0.1) is 12.4 Å². The maximum absolute atomic E-state index is 12.8. The van der Waals surface area contributed by atoms with Crippen molar-refractivity contribution in [3.8, 4) is 11.5 Å². The highest BCUT2D eigenvalue weighted by atomic mass is 35.5. The Bertz CT molecular complexity index is 1020. The molecule has 8 nitrogen and oxygen atoms in total. The molecule has 0 spiro atoms. The third-order valence-corrected chi connectivity index (χ3v) is 5.02. The highest BCUT2D eigenvalue weighted by molar-refractivity contribution is 6.07. The highest BCUT2D eigenvalue weighted by Crippen LogP contribution is 2.31. The molecule has 0 unspecified atom stereocenters. The largest absolute Gasteiger partial charge is 0.506 e. The second-order valence-electron chi connectivity index (χ2n) is 7.24. The van der Waals surface area contributed by atoms with E-state index in [2.05, 4.69) is 5.32 Å². The van der Waals surface area contributed by atoms with Gasteiger partial charge >= 0.3 is 0 Å². The van der Waals surface area contributed by atoms with Gasteiger partial charge in [-0.1, -0.05) is 0 Å². The zero-order chi connectivity index (χ0) is 22.0. The van der Waals surface area contributed by atoms with Crippen molar-refractivity contribution in [3.05, 3.63) is 52.6 Å². The number of rotatable bonds is 7. The van der Waals surface area contributed by atoms with Gasteiger partial charge in [0.1, 0.15) is 17.3 Å². The fraction of sp³-hybridized carbons (Fsp3) is 0.318. The first-order chi connectivity index (χ1) is 14.3. The molecule has 31 heavy (non-hydrogen) atoms. The van der Waals surface area contributed by atoms with Gasteiger partial charge in [0.05, 0.1) is 24.4 Å². The number of amides is 1. The minimum absolute atomic E-state index is 0. The predicted molar refractivity (Wildman–Crippen MR) is 122 cm³/mol. The number of hydrogen-bond acceptors (Lipinski definition) is 6. The second kappa shape index (κ2) is 9.70. The molecule has 0 radical (unpaired) electrons. The number of aromatic hydroxyl groups is 1. The molecule has 0 saturated carbocycles. The van der Waals surface area contributed by atoms with E-state index in [0.29, 0.717) is 41.3 Å². The smallest absolute Gasteiger partial charge is 0.254 e. The van der Waals surface area contributed by atoms with Crippen LogP contribution in [0, 0.1) is 5.41 Å². The monoisotopic (exact) mass is 446 g/mol. The minimum atomic E-state index is -0.288. The number of hydrogen-bond donors (Lipinski definition) is 3. The van der Waals surface area contributed by atoms with Gasteiger partial charge < -0.3 is 25.0 Å². The Morgan fingerprint density at radius 1 is 1.26 bits per heavy atom. The van der Waals surface area contributed by atoms with Crippen molar-refractivity contribution < 1.29 is 19.4 Å². The Kier molecular flexibility index (Phi) is 7.51. The van der Waals surface area contributed by atoms with E-state index in [9.17, 15) is 14.7 Å². The first kappa shape index (κ1) is 24.0. The number of Topliss-reactive ketones (excluding diaryl/α,β-unsaturated/α-hetero) is 1. The molecule has 2 aromatic carbocycles. The summed E-state index contributed by atoms with van der Waals surface area (Å²) in [5, 5.41) is 21.0. The lowest BCUT2D eigenvalue weighted by molar-refractivity contribution is 0.0953. The quantitative estimate of drug-likeness (QED) is 0.564. The van der Waals surface area contributed by atoms with Crippen LogP contribution < -0.4 is 15.0 Å². The van der Waals surface area contributed by atoms with Gasteiger partial charge in [0, 0.05) is 38.8 Å². The summed E-state index contributed by atoms with van der Waals surface area (Å²) in [6.45, 7) is 2.65. The van der Waals surface area contributed by atoms with E-state index in [1.165, 1.54) is 6.07 Å². The molecule has 0 aliphatic carbocycles. The summed E-state index contributed by atoms with van der Waals surface area (Å²) < 4.78 is 5.61. The number of fused-ring (bicyclic) bond motifs is 1. The first-order valence-electron chi connectivity index (χ1n) is 9.66. The van der Waals surface area contributed by atoms with Crippen LogP contribution in [0.5, 0.6) is 11.5 Å². The summed E-state index contributed by atoms with van der Waals surface area (Å²) in [7, 11) is 5.12. The maximum atomic E-state index is 12.8. The SMILES string of the molecule is CCOc1cc2c(cc1C(=O)NC)C(=N)N(CC(=O)c1ccc(O)c(N(C)C)c1)C2.Cl. The summed E-state index contributed by atoms with van der Waals surface area (Å²) in [4.78, 5) is 28.5. The standard InChI is InChI=1S/C22H26N4O4.ClH/c1-5-30-20-9-14-11-26(21(23)15(14)10-16(20)22(29)24-2)12-19(28)13-6-7-18(27)17(8-13)25(3)4;/h6-10,23,27H,5,11-12H2,1-4H3,(H,24,29);1H. The first-order valence-corrected chi connectivity index (χ1v) is 9.66. The van der Waals surface area contributed by atoms with Gasteiger partial charge in [-0.2, -0.15) is 0 Å². The van der Waals surface area contributed by atoms with E-state index in [-0.39, 0.29) is 42.2 Å². The zero-order valence-corrected chi connectivity index (χ0v) is 18.8. The topological polar surface area (TPSA) is 106 Å². The van der Waals surface area contributed by atoms with E-state index < -0.39 is 0 Å². The van der Waals surface area contributed by atoms with Crippen LogP contribution in [-0.4, -0.2) is 61.8 Å². The molecule has 2 aromatic rings. The fourth-order valence-electron chi connectivity index (χ4n) is 3.47. The molecule has 0 aromatic heterocycles. The van der Waals surface area contributed by atoms with Crippen molar-refractivity contribution in [2.24, 2.45) is 0 Å². The number of carbonyl (C=O) groups is 2. The Hall–Kier alpha value is -3.26. The van der Waals surface area contributed by atoms with Gasteiger partial charge in [-0.25, -0.2) is 0 Å². The van der Waals surface area contributed by atoms with E-state index >= 15 is 0 Å². The van der Waals surface area contributed by atoms with Crippen LogP contribution in [0.2, 0.25) is 0 Å². The molecule has 1 heterocycles. The molecule has 1 aliphatic rings. The maximum Gasteiger partial charge on any atom is 0.254 e. The number of amidine groups is 1. The van der Waals surface area contributed by atoms with Crippen LogP contribution >= 0.6 is 12.4 Å². The molecule has 3 rings (SSSR count). The Morgan fingerprint density at radius 3 is 2.58 bits per heavy atom. The van der Waals surface area contributed by atoms with Crippen LogP contribution in [0.4, 0.5) is 5.69 Å². The average molecular weight is 447 g/mol. The van der Waals surface area contributed by atoms with Crippen LogP contribution in [0.1, 0.15) is 38.8 Å². The Labute approximate surface area is 187 Å². The molecule has 1 aliphatic heterocycles. The van der Waals surface area contributed by atoms with Gasteiger partial charge in [0.15, 0.2) is 5.78 Å². The summed E-state index contributed by atoms with van der Waals surface area (Å²) in [5.74, 6) is 0.308. The van der Waals surface area contributed by atoms with Gasteiger partial charge in [-0.05, 0) is 42.8 Å². The zero-order valence-electron chi connectivity index (χ0n) is 18.0. The van der Waals surface area contributed by atoms with Crippen molar-refractivity contribution in [1.29, 1.82) is 5.41 Å². The molecule has 0 bridgehead atoms. The lowest BCUT2D eigenvalue weighted by atomic mass is 10.0. The minimum Gasteiger partial charge on any atom is -0.506 e. The van der Waals surface area contributed by atoms with Crippen molar-refractivity contribution in [2.45, 2.75) is 13.5 Å². The average Bonchev–Trinajstić information content (AvgIpc) is 3.01. The Morgan fingerprint density at radius 2 is 1.97 bits per heavy atom. The predicted octanol–water partition coefficient (Wildman–Crippen LogP) is 2.66. The highest BCUT2D eigenvalue weighted by Gasteiger charge is 2.29. The normalized spacial score (nSPS) is 12.1. The van der Waals surface area contributed by atoms with Crippen molar-refractivity contribution >= 4 is 35.6 Å². The third kappa shape index (κ3) is 4.74. The summed E-state index contributed by atoms with van der Waals surface area (Å²) in [5.41, 5.74) is 2.83. The fourth-order valence-corrected chi connectivity index (χ4v) is 3.47. The van der Waals surface area contributed by atoms with Crippen LogP contribution in [0.25, 0.3) is 0 Å². The molecule has 0 saturated heterocycles. The van der Waals surface area contributed by atoms with Crippen molar-refractivity contribution in [2.75, 3.05) is 39.2 Å². The van der Waals surface area contributed by atoms with Gasteiger partial charge in [0.25, 0.3) is 5.91 Å². The third-order valence-electron chi connectivity index (χ3n) is 5.02. The number of halogens is 1. The van der Waals surface area contributed by atoms with E-state index in [0.717, 1.165) is 5.56 Å². The van der Waals surface area contributed by atoms with Gasteiger partial charge in [-0.3, -0.25) is 15.0 Å². The molecule has 9 heteroatoms. The summed E-state index contributed by atoms with van der Waals surface area (Å²) >= 11 is 0. The number of nitrogens with one attached hydrogen (secondary N) is 2. The van der Waals surface area contributed by atoms with Crippen LogP contribution in [-0.2, 0) is 6.54 Å². The molecular weight excluding hydrogens is 420 g/mol. The molecule has 3 N–H and O–H groups in total. The number of nitrogens with zero attached hydrogens (tertiary/aromatic N) is 2. The number of phenolic OH excluding ortho intramolecular Hbond substituents is 1. The van der Waals surface area contributed by atoms with Crippen LogP contribution in [0.15, 0.2) is 30.3 Å². The lowest BCUT2D eigenvalue weighted by Crippen LogP contribution is -2.30. The molecule has 1 amide bonds. The van der Waals surface area contributed by atoms with E-state index in [1.54, 1.807) is 55.2 Å². The number of ether oxygens (including phenoxy) is 1. The summed E-state index contributed by atoms with van der Waals surface area (Å²) in [6.07, 6.45) is 0. The second-order valence-corrected chi connectivity index (χ2v) is 7.24. The number of carbonyl (C=O) groups excluding carboxylic acids is 2. The summed E-state index contributed by atoms with van der Waals surface area (Å²) in [6, 6.07) is 8.14. The van der Waals surface area contributed by atoms with Crippen molar-refractivity contribution in [3.63, 3.8) is 0 Å². The van der Waals surface area contributed by atoms with E-state index in [1.807, 2.05) is 6.92 Å². The molecule has 166 valence electrons. The number of anilines is 1. The Balaban J connectivity index is 0.00000341. The van der Waals surface area contributed by atoms with Gasteiger partial charge in [0.2, 0.25) is 0 Å². The molecule has 0 fully saturated rings.